The third-order valence-corrected chi connectivity index (χ3v) is 3.37. The number of rotatable bonds is 5. The van der Waals surface area contributed by atoms with Crippen LogP contribution >= 0.6 is 0 Å². The molecule has 2 amide bonds. The topological polar surface area (TPSA) is 86.7 Å². The Labute approximate surface area is 113 Å². The lowest BCUT2D eigenvalue weighted by Crippen LogP contribution is -2.52. The van der Waals surface area contributed by atoms with Crippen LogP contribution in [0.4, 0.5) is 0 Å². The van der Waals surface area contributed by atoms with Crippen molar-refractivity contribution in [2.24, 2.45) is 5.92 Å². The van der Waals surface area contributed by atoms with E-state index >= 15 is 0 Å². The van der Waals surface area contributed by atoms with Gasteiger partial charge in [-0.3, -0.25) is 14.4 Å². The standard InChI is InChI=1S/C13H22N2O4/c1-3-12(17)15-7-10(4-5-13(18)19)6-11(8-15)14-9(2)16/h10-11H,3-8H2,1-2H3,(H,14,16)(H,18,19). The number of carboxylic acid groups (broad SMARTS) is 1. The van der Waals surface area contributed by atoms with Crippen LogP contribution in [-0.2, 0) is 14.4 Å². The van der Waals surface area contributed by atoms with Gasteiger partial charge in [0.2, 0.25) is 11.8 Å². The zero-order chi connectivity index (χ0) is 14.4. The largest absolute Gasteiger partial charge is 0.481 e. The summed E-state index contributed by atoms with van der Waals surface area (Å²) < 4.78 is 0. The molecule has 6 heteroatoms. The molecule has 2 N–H and O–H groups in total. The lowest BCUT2D eigenvalue weighted by atomic mass is 9.90. The normalized spacial score (nSPS) is 22.9. The SMILES string of the molecule is CCC(=O)N1CC(CCC(=O)O)CC(NC(C)=O)C1. The lowest BCUT2D eigenvalue weighted by Gasteiger charge is -2.38. The molecule has 0 saturated carbocycles. The summed E-state index contributed by atoms with van der Waals surface area (Å²) in [4.78, 5) is 35.3. The monoisotopic (exact) mass is 270 g/mol. The molecule has 1 fully saturated rings. The predicted molar refractivity (Wildman–Crippen MR) is 69.5 cm³/mol. The van der Waals surface area contributed by atoms with Crippen molar-refractivity contribution >= 4 is 17.8 Å². The number of likely N-dealkylation sites (tertiary alicyclic amines) is 1. The van der Waals surface area contributed by atoms with Gasteiger partial charge in [-0.25, -0.2) is 0 Å². The average molecular weight is 270 g/mol. The Morgan fingerprint density at radius 3 is 2.53 bits per heavy atom. The molecule has 0 radical (unpaired) electrons. The van der Waals surface area contributed by atoms with Gasteiger partial charge in [0.05, 0.1) is 0 Å². The molecule has 1 heterocycles. The van der Waals surface area contributed by atoms with Crippen molar-refractivity contribution in [1.82, 2.24) is 10.2 Å². The van der Waals surface area contributed by atoms with E-state index < -0.39 is 5.97 Å². The quantitative estimate of drug-likeness (QED) is 0.766. The number of hydrogen-bond acceptors (Lipinski definition) is 3. The van der Waals surface area contributed by atoms with Gasteiger partial charge in [0.1, 0.15) is 0 Å². The molecule has 1 aliphatic heterocycles. The Bertz CT molecular complexity index is 357. The fourth-order valence-corrected chi connectivity index (χ4v) is 2.56. The number of amides is 2. The highest BCUT2D eigenvalue weighted by atomic mass is 16.4. The van der Waals surface area contributed by atoms with Gasteiger partial charge < -0.3 is 15.3 Å². The van der Waals surface area contributed by atoms with E-state index in [2.05, 4.69) is 5.32 Å². The first kappa shape index (κ1) is 15.5. The van der Waals surface area contributed by atoms with Crippen LogP contribution in [0, 0.1) is 5.92 Å². The minimum absolute atomic E-state index is 0.0513. The number of carbonyl (C=O) groups is 3. The van der Waals surface area contributed by atoms with Crippen molar-refractivity contribution in [3.05, 3.63) is 0 Å². The molecule has 19 heavy (non-hydrogen) atoms. The predicted octanol–water partition coefficient (Wildman–Crippen LogP) is 0.614. The maximum atomic E-state index is 11.8. The molecular formula is C13H22N2O4. The minimum atomic E-state index is -0.824. The highest BCUT2D eigenvalue weighted by molar-refractivity contribution is 5.76. The van der Waals surface area contributed by atoms with Crippen molar-refractivity contribution in [3.8, 4) is 0 Å². The summed E-state index contributed by atoms with van der Waals surface area (Å²) in [5, 5.41) is 11.6. The first-order valence-corrected chi connectivity index (χ1v) is 6.69. The summed E-state index contributed by atoms with van der Waals surface area (Å²) in [6.45, 7) is 4.37. The molecule has 0 bridgehead atoms. The van der Waals surface area contributed by atoms with Crippen molar-refractivity contribution in [1.29, 1.82) is 0 Å². The Morgan fingerprint density at radius 1 is 1.32 bits per heavy atom. The minimum Gasteiger partial charge on any atom is -0.481 e. The van der Waals surface area contributed by atoms with Crippen LogP contribution in [0.5, 0.6) is 0 Å². The second-order valence-corrected chi connectivity index (χ2v) is 5.08. The van der Waals surface area contributed by atoms with Gasteiger partial charge in [-0.2, -0.15) is 0 Å². The molecule has 0 aromatic carbocycles. The zero-order valence-corrected chi connectivity index (χ0v) is 11.5. The Balaban J connectivity index is 2.62. The van der Waals surface area contributed by atoms with Gasteiger partial charge in [-0.15, -0.1) is 0 Å². The highest BCUT2D eigenvalue weighted by Gasteiger charge is 2.29. The molecule has 6 nitrogen and oxygen atoms in total. The fourth-order valence-electron chi connectivity index (χ4n) is 2.56. The molecule has 0 aromatic rings. The smallest absolute Gasteiger partial charge is 0.303 e. The Kier molecular flexibility index (Phi) is 5.79. The molecule has 1 aliphatic rings. The molecule has 108 valence electrons. The summed E-state index contributed by atoms with van der Waals surface area (Å²) in [7, 11) is 0. The number of hydrogen-bond donors (Lipinski definition) is 2. The van der Waals surface area contributed by atoms with Crippen LogP contribution < -0.4 is 5.32 Å². The summed E-state index contributed by atoms with van der Waals surface area (Å²) in [6, 6.07) is -0.0689. The second-order valence-electron chi connectivity index (χ2n) is 5.08. The van der Waals surface area contributed by atoms with Crippen molar-refractivity contribution in [3.63, 3.8) is 0 Å². The molecule has 0 aromatic heterocycles. The first-order valence-electron chi connectivity index (χ1n) is 6.69. The zero-order valence-electron chi connectivity index (χ0n) is 11.5. The van der Waals surface area contributed by atoms with E-state index in [4.69, 9.17) is 5.11 Å². The van der Waals surface area contributed by atoms with Gasteiger partial charge in [0.25, 0.3) is 0 Å². The molecule has 2 unspecified atom stereocenters. The Morgan fingerprint density at radius 2 is 2.00 bits per heavy atom. The van der Waals surface area contributed by atoms with Crippen LogP contribution in [0.2, 0.25) is 0 Å². The second kappa shape index (κ2) is 7.11. The van der Waals surface area contributed by atoms with Crippen LogP contribution in [0.25, 0.3) is 0 Å². The number of nitrogens with zero attached hydrogens (tertiary/aromatic N) is 1. The molecule has 2 atom stereocenters. The van der Waals surface area contributed by atoms with Gasteiger partial charge in [-0.1, -0.05) is 6.92 Å². The number of piperidine rings is 1. The molecule has 0 aliphatic carbocycles. The average Bonchev–Trinajstić information content (AvgIpc) is 2.34. The van der Waals surface area contributed by atoms with E-state index in [1.165, 1.54) is 6.92 Å². The van der Waals surface area contributed by atoms with Crippen molar-refractivity contribution < 1.29 is 19.5 Å². The first-order chi connectivity index (χ1) is 8.92. The van der Waals surface area contributed by atoms with E-state index in [1.54, 1.807) is 11.8 Å². The highest BCUT2D eigenvalue weighted by Crippen LogP contribution is 2.22. The van der Waals surface area contributed by atoms with Gasteiger partial charge in [0, 0.05) is 38.9 Å². The molecule has 1 saturated heterocycles. The molecule has 1 rings (SSSR count). The third-order valence-electron chi connectivity index (χ3n) is 3.37. The maximum Gasteiger partial charge on any atom is 0.303 e. The Hall–Kier alpha value is -1.59. The summed E-state index contributed by atoms with van der Waals surface area (Å²) in [5.74, 6) is -0.754. The van der Waals surface area contributed by atoms with E-state index in [9.17, 15) is 14.4 Å². The van der Waals surface area contributed by atoms with Gasteiger partial charge in [0.15, 0.2) is 0 Å². The summed E-state index contributed by atoms with van der Waals surface area (Å²) in [5.41, 5.74) is 0. The number of nitrogens with one attached hydrogen (secondary N) is 1. The number of aliphatic carboxylic acids is 1. The summed E-state index contributed by atoms with van der Waals surface area (Å²) in [6.07, 6.45) is 1.81. The van der Waals surface area contributed by atoms with Gasteiger partial charge >= 0.3 is 5.97 Å². The van der Waals surface area contributed by atoms with Crippen LogP contribution in [-0.4, -0.2) is 46.9 Å². The molecular weight excluding hydrogens is 248 g/mol. The number of carbonyl (C=O) groups excluding carboxylic acids is 2. The van der Waals surface area contributed by atoms with Crippen LogP contribution in [0.3, 0.4) is 0 Å². The number of carboxylic acids is 1. The fraction of sp³-hybridized carbons (Fsp3) is 0.769. The maximum absolute atomic E-state index is 11.8. The van der Waals surface area contributed by atoms with Crippen LogP contribution in [0.15, 0.2) is 0 Å². The van der Waals surface area contributed by atoms with Crippen molar-refractivity contribution in [2.45, 2.75) is 45.6 Å². The summed E-state index contributed by atoms with van der Waals surface area (Å²) >= 11 is 0. The van der Waals surface area contributed by atoms with Crippen molar-refractivity contribution in [2.75, 3.05) is 13.1 Å². The van der Waals surface area contributed by atoms with E-state index in [-0.39, 0.29) is 30.2 Å². The van der Waals surface area contributed by atoms with E-state index in [1.807, 2.05) is 0 Å². The van der Waals surface area contributed by atoms with E-state index in [0.717, 1.165) is 6.42 Å². The molecule has 0 spiro atoms. The van der Waals surface area contributed by atoms with Gasteiger partial charge in [-0.05, 0) is 18.8 Å². The lowest BCUT2D eigenvalue weighted by molar-refractivity contribution is -0.137. The van der Waals surface area contributed by atoms with E-state index in [0.29, 0.717) is 25.9 Å². The third kappa shape index (κ3) is 5.28. The van der Waals surface area contributed by atoms with Crippen LogP contribution in [0.1, 0.15) is 39.5 Å².